The third-order valence-corrected chi connectivity index (χ3v) is 2.49. The molecule has 0 saturated carbocycles. The summed E-state index contributed by atoms with van der Waals surface area (Å²) >= 11 is 0. The van der Waals surface area contributed by atoms with Crippen molar-refractivity contribution in [1.82, 2.24) is 9.97 Å². The Morgan fingerprint density at radius 1 is 1.47 bits per heavy atom. The van der Waals surface area contributed by atoms with E-state index in [1.165, 1.54) is 6.20 Å². The molecule has 90 valence electrons. The molecule has 1 aliphatic rings. The second kappa shape index (κ2) is 5.49. The number of hydrogen-bond acceptors (Lipinski definition) is 6. The molecule has 0 atom stereocenters. The molecule has 0 unspecified atom stereocenters. The first-order chi connectivity index (χ1) is 8.31. The molecule has 0 spiro atoms. The van der Waals surface area contributed by atoms with Crippen molar-refractivity contribution in [3.63, 3.8) is 0 Å². The number of carbonyl (C=O) groups is 2. The Morgan fingerprint density at radius 2 is 2.24 bits per heavy atom. The molecule has 0 aromatic carbocycles. The number of aromatic nitrogens is 2. The summed E-state index contributed by atoms with van der Waals surface area (Å²) in [5, 5.41) is 0. The highest BCUT2D eigenvalue weighted by Gasteiger charge is 2.15. The summed E-state index contributed by atoms with van der Waals surface area (Å²) in [5.74, 6) is 0.453. The maximum absolute atomic E-state index is 11.5. The first kappa shape index (κ1) is 11.7. The molecule has 0 radical (unpaired) electrons. The van der Waals surface area contributed by atoms with Crippen molar-refractivity contribution >= 4 is 17.9 Å². The van der Waals surface area contributed by atoms with Crippen molar-refractivity contribution < 1.29 is 14.3 Å². The van der Waals surface area contributed by atoms with E-state index in [9.17, 15) is 9.59 Å². The fourth-order valence-corrected chi connectivity index (χ4v) is 1.62. The number of ether oxygens (including phenoxy) is 1. The van der Waals surface area contributed by atoms with E-state index in [1.54, 1.807) is 6.07 Å². The smallest absolute Gasteiger partial charge is 0.207 e. The van der Waals surface area contributed by atoms with Crippen LogP contribution in [0.2, 0.25) is 0 Å². The van der Waals surface area contributed by atoms with Gasteiger partial charge in [0.25, 0.3) is 0 Å². The Labute approximate surface area is 98.6 Å². The fourth-order valence-electron chi connectivity index (χ4n) is 1.62. The van der Waals surface area contributed by atoms with Crippen molar-refractivity contribution in [3.05, 3.63) is 18.1 Å². The molecule has 0 amide bonds. The van der Waals surface area contributed by atoms with Crippen LogP contribution >= 0.6 is 0 Å². The lowest BCUT2D eigenvalue weighted by molar-refractivity contribution is -0.107. The van der Waals surface area contributed by atoms with Gasteiger partial charge in [0, 0.05) is 19.3 Å². The van der Waals surface area contributed by atoms with Crippen LogP contribution in [0.1, 0.15) is 17.0 Å². The second-order valence-corrected chi connectivity index (χ2v) is 3.63. The van der Waals surface area contributed by atoms with E-state index in [2.05, 4.69) is 9.97 Å². The van der Waals surface area contributed by atoms with Crippen LogP contribution in [0.5, 0.6) is 0 Å². The number of hydrogen-bond donors (Lipinski definition) is 0. The minimum Gasteiger partial charge on any atom is -0.378 e. The van der Waals surface area contributed by atoms with E-state index in [0.717, 1.165) is 13.1 Å². The van der Waals surface area contributed by atoms with E-state index in [1.807, 2.05) is 4.90 Å². The van der Waals surface area contributed by atoms with E-state index in [0.29, 0.717) is 25.3 Å². The predicted octanol–water partition coefficient (Wildman–Crippen LogP) is 0.0849. The molecule has 1 fully saturated rings. The van der Waals surface area contributed by atoms with Crippen molar-refractivity contribution in [2.45, 2.75) is 6.42 Å². The third-order valence-electron chi connectivity index (χ3n) is 2.49. The molecule has 0 N–H and O–H groups in total. The highest BCUT2D eigenvalue weighted by atomic mass is 16.5. The average molecular weight is 235 g/mol. The zero-order valence-electron chi connectivity index (χ0n) is 9.33. The molecule has 1 aromatic rings. The summed E-state index contributed by atoms with van der Waals surface area (Å²) < 4.78 is 5.24. The lowest BCUT2D eigenvalue weighted by Gasteiger charge is -2.27. The first-order valence-electron chi connectivity index (χ1n) is 5.44. The molecule has 2 rings (SSSR count). The van der Waals surface area contributed by atoms with Crippen LogP contribution in [0.3, 0.4) is 0 Å². The number of ketones is 1. The Morgan fingerprint density at radius 3 is 2.94 bits per heavy atom. The predicted molar refractivity (Wildman–Crippen MR) is 60.1 cm³/mol. The molecular weight excluding hydrogens is 222 g/mol. The molecule has 0 bridgehead atoms. The van der Waals surface area contributed by atoms with Gasteiger partial charge in [0.15, 0.2) is 5.82 Å². The summed E-state index contributed by atoms with van der Waals surface area (Å²) in [7, 11) is 0. The van der Waals surface area contributed by atoms with Gasteiger partial charge in [-0.3, -0.25) is 4.79 Å². The number of aldehydes is 1. The van der Waals surface area contributed by atoms with Gasteiger partial charge in [-0.15, -0.1) is 0 Å². The van der Waals surface area contributed by atoms with Crippen LogP contribution in [0.25, 0.3) is 0 Å². The molecule has 1 aliphatic heterocycles. The lowest BCUT2D eigenvalue weighted by atomic mass is 10.3. The number of nitrogens with zero attached hydrogens (tertiary/aromatic N) is 3. The quantitative estimate of drug-likeness (QED) is 0.418. The van der Waals surface area contributed by atoms with Gasteiger partial charge in [-0.25, -0.2) is 9.97 Å². The Bertz CT molecular complexity index is 416. The van der Waals surface area contributed by atoms with Gasteiger partial charge >= 0.3 is 0 Å². The fraction of sp³-hybridized carbons (Fsp3) is 0.455. The summed E-state index contributed by atoms with van der Waals surface area (Å²) in [6.45, 7) is 2.81. The molecule has 1 aromatic heterocycles. The molecule has 1 saturated heterocycles. The van der Waals surface area contributed by atoms with Crippen LogP contribution in [-0.4, -0.2) is 48.3 Å². The van der Waals surface area contributed by atoms with Crippen molar-refractivity contribution in [1.29, 1.82) is 0 Å². The molecule has 0 aliphatic carbocycles. The molecule has 2 heterocycles. The van der Waals surface area contributed by atoms with Crippen LogP contribution in [-0.2, 0) is 9.53 Å². The van der Waals surface area contributed by atoms with E-state index < -0.39 is 0 Å². The van der Waals surface area contributed by atoms with Crippen molar-refractivity contribution in [2.24, 2.45) is 0 Å². The molecular formula is C11H13N3O3. The van der Waals surface area contributed by atoms with Gasteiger partial charge in [-0.05, 0) is 6.07 Å². The molecule has 6 nitrogen and oxygen atoms in total. The first-order valence-corrected chi connectivity index (χ1v) is 5.44. The maximum Gasteiger partial charge on any atom is 0.207 e. The van der Waals surface area contributed by atoms with E-state index in [4.69, 9.17) is 4.74 Å². The van der Waals surface area contributed by atoms with Crippen LogP contribution in [0, 0.1) is 0 Å². The minimum atomic E-state index is -0.352. The SMILES string of the molecule is O=CCC(=O)c1nccc(N2CCOCC2)n1. The maximum atomic E-state index is 11.5. The normalized spacial score (nSPS) is 15.6. The Balaban J connectivity index is 2.15. The standard InChI is InChI=1S/C11H13N3O3/c15-6-2-9(16)11-12-3-1-10(13-11)14-4-7-17-8-5-14/h1,3,6H,2,4-5,7-8H2. The van der Waals surface area contributed by atoms with Crippen LogP contribution < -0.4 is 4.90 Å². The van der Waals surface area contributed by atoms with E-state index in [-0.39, 0.29) is 18.0 Å². The van der Waals surface area contributed by atoms with Crippen LogP contribution in [0.4, 0.5) is 5.82 Å². The number of Topliss-reactive ketones (excluding diaryl/α,β-unsaturated/α-hetero) is 1. The molecule has 17 heavy (non-hydrogen) atoms. The van der Waals surface area contributed by atoms with Crippen LogP contribution in [0.15, 0.2) is 12.3 Å². The zero-order chi connectivity index (χ0) is 12.1. The van der Waals surface area contributed by atoms with Gasteiger partial charge in [-0.1, -0.05) is 0 Å². The lowest BCUT2D eigenvalue weighted by Crippen LogP contribution is -2.37. The highest BCUT2D eigenvalue weighted by Crippen LogP contribution is 2.12. The number of rotatable bonds is 4. The zero-order valence-corrected chi connectivity index (χ0v) is 9.33. The minimum absolute atomic E-state index is 0.0982. The number of carbonyl (C=O) groups excluding carboxylic acids is 2. The number of anilines is 1. The Kier molecular flexibility index (Phi) is 3.77. The van der Waals surface area contributed by atoms with Crippen molar-refractivity contribution in [3.8, 4) is 0 Å². The van der Waals surface area contributed by atoms with Gasteiger partial charge in [-0.2, -0.15) is 0 Å². The summed E-state index contributed by atoms with van der Waals surface area (Å²) in [4.78, 5) is 31.8. The average Bonchev–Trinajstić information content (AvgIpc) is 2.40. The number of morpholine rings is 1. The van der Waals surface area contributed by atoms with Gasteiger partial charge in [0.05, 0.1) is 19.6 Å². The summed E-state index contributed by atoms with van der Waals surface area (Å²) in [6, 6.07) is 1.75. The van der Waals surface area contributed by atoms with Gasteiger partial charge < -0.3 is 14.4 Å². The van der Waals surface area contributed by atoms with Crippen molar-refractivity contribution in [2.75, 3.05) is 31.2 Å². The Hall–Kier alpha value is -1.82. The monoisotopic (exact) mass is 235 g/mol. The van der Waals surface area contributed by atoms with Gasteiger partial charge in [0.2, 0.25) is 5.78 Å². The highest BCUT2D eigenvalue weighted by molar-refractivity contribution is 6.00. The van der Waals surface area contributed by atoms with E-state index >= 15 is 0 Å². The summed E-state index contributed by atoms with van der Waals surface area (Å²) in [6.07, 6.45) is 1.93. The second-order valence-electron chi connectivity index (χ2n) is 3.63. The molecule has 6 heteroatoms. The summed E-state index contributed by atoms with van der Waals surface area (Å²) in [5.41, 5.74) is 0. The van der Waals surface area contributed by atoms with Gasteiger partial charge in [0.1, 0.15) is 12.1 Å². The third kappa shape index (κ3) is 2.85. The largest absolute Gasteiger partial charge is 0.378 e. The topological polar surface area (TPSA) is 72.4 Å².